The molecule has 0 aliphatic rings. The molecule has 15 heavy (non-hydrogen) atoms. The molecule has 3 nitrogen and oxygen atoms in total. The first kappa shape index (κ1) is 10.0. The van der Waals surface area contributed by atoms with Crippen LogP contribution in [-0.2, 0) is 13.0 Å². The molecular formula is C11H10ClN3. The van der Waals surface area contributed by atoms with Gasteiger partial charge in [-0.3, -0.25) is 0 Å². The van der Waals surface area contributed by atoms with Crippen LogP contribution in [0.15, 0.2) is 24.3 Å². The summed E-state index contributed by atoms with van der Waals surface area (Å²) in [5.41, 5.74) is 1.97. The minimum Gasteiger partial charge on any atom is -0.326 e. The molecule has 0 atom stereocenters. The van der Waals surface area contributed by atoms with Crippen LogP contribution in [-0.4, -0.2) is 15.4 Å². The van der Waals surface area contributed by atoms with Crippen LogP contribution in [0.4, 0.5) is 0 Å². The lowest BCUT2D eigenvalue weighted by molar-refractivity contribution is 0.744. The molecule has 2 rings (SSSR count). The lowest BCUT2D eigenvalue weighted by Crippen LogP contribution is -2.04. The van der Waals surface area contributed by atoms with Gasteiger partial charge in [-0.1, -0.05) is 12.1 Å². The van der Waals surface area contributed by atoms with Crippen molar-refractivity contribution in [3.05, 3.63) is 30.1 Å². The van der Waals surface area contributed by atoms with Gasteiger partial charge in [0.1, 0.15) is 5.82 Å². The number of nitrogens with zero attached hydrogens (tertiary/aromatic N) is 3. The second-order valence-corrected chi connectivity index (χ2v) is 3.57. The van der Waals surface area contributed by atoms with E-state index in [4.69, 9.17) is 16.9 Å². The lowest BCUT2D eigenvalue weighted by Gasteiger charge is -2.03. The molecule has 0 unspecified atom stereocenters. The van der Waals surface area contributed by atoms with Gasteiger partial charge in [-0.25, -0.2) is 4.98 Å². The number of hydrogen-bond donors (Lipinski definition) is 0. The highest BCUT2D eigenvalue weighted by molar-refractivity contribution is 6.17. The summed E-state index contributed by atoms with van der Waals surface area (Å²) in [5.74, 6) is 1.32. The Bertz CT molecular complexity index is 510. The zero-order valence-corrected chi connectivity index (χ0v) is 8.91. The largest absolute Gasteiger partial charge is 0.326 e. The number of alkyl halides is 1. The van der Waals surface area contributed by atoms with Crippen molar-refractivity contribution in [3.63, 3.8) is 0 Å². The summed E-state index contributed by atoms with van der Waals surface area (Å²) in [5, 5.41) is 8.70. The van der Waals surface area contributed by atoms with E-state index < -0.39 is 0 Å². The van der Waals surface area contributed by atoms with Crippen molar-refractivity contribution in [1.29, 1.82) is 5.26 Å². The van der Waals surface area contributed by atoms with E-state index in [2.05, 4.69) is 11.1 Å². The molecule has 0 N–H and O–H groups in total. The van der Waals surface area contributed by atoms with E-state index in [9.17, 15) is 0 Å². The van der Waals surface area contributed by atoms with Gasteiger partial charge in [-0.15, -0.1) is 11.6 Å². The van der Waals surface area contributed by atoms with Crippen molar-refractivity contribution < 1.29 is 0 Å². The van der Waals surface area contributed by atoms with Gasteiger partial charge in [-0.05, 0) is 12.1 Å². The van der Waals surface area contributed by atoms with Crippen molar-refractivity contribution in [3.8, 4) is 6.07 Å². The third-order valence-electron chi connectivity index (χ3n) is 2.28. The predicted octanol–water partition coefficient (Wildman–Crippen LogP) is 2.34. The van der Waals surface area contributed by atoms with E-state index in [1.165, 1.54) is 0 Å². The Morgan fingerprint density at radius 2 is 2.20 bits per heavy atom. The van der Waals surface area contributed by atoms with Crippen LogP contribution >= 0.6 is 11.6 Å². The zero-order chi connectivity index (χ0) is 10.7. The molecular weight excluding hydrogens is 210 g/mol. The first-order chi connectivity index (χ1) is 7.36. The van der Waals surface area contributed by atoms with Crippen molar-refractivity contribution in [1.82, 2.24) is 9.55 Å². The molecule has 1 heterocycles. The van der Waals surface area contributed by atoms with Gasteiger partial charge in [0.2, 0.25) is 0 Å². The average Bonchev–Trinajstić information content (AvgIpc) is 2.59. The van der Waals surface area contributed by atoms with Crippen LogP contribution in [0.25, 0.3) is 11.0 Å². The van der Waals surface area contributed by atoms with Crippen LogP contribution in [0.5, 0.6) is 0 Å². The summed E-state index contributed by atoms with van der Waals surface area (Å²) < 4.78 is 2.01. The third kappa shape index (κ3) is 1.81. The molecule has 2 aromatic rings. The van der Waals surface area contributed by atoms with Crippen molar-refractivity contribution in [2.45, 2.75) is 13.0 Å². The average molecular weight is 220 g/mol. The normalized spacial score (nSPS) is 10.4. The monoisotopic (exact) mass is 219 g/mol. The standard InChI is InChI=1S/C11H10ClN3/c12-6-8-15-10-4-2-1-3-9(10)14-11(15)5-7-13/h1-4H,5-6,8H2. The van der Waals surface area contributed by atoms with Crippen LogP contribution in [0.1, 0.15) is 5.82 Å². The molecule has 0 aliphatic carbocycles. The second-order valence-electron chi connectivity index (χ2n) is 3.19. The molecule has 4 heteroatoms. The van der Waals surface area contributed by atoms with Crippen molar-refractivity contribution >= 4 is 22.6 Å². The van der Waals surface area contributed by atoms with Crippen LogP contribution < -0.4 is 0 Å². The van der Waals surface area contributed by atoms with Crippen molar-refractivity contribution in [2.24, 2.45) is 0 Å². The molecule has 0 aliphatic heterocycles. The molecule has 0 bridgehead atoms. The highest BCUT2D eigenvalue weighted by Crippen LogP contribution is 2.16. The molecule has 0 amide bonds. The van der Waals surface area contributed by atoms with Gasteiger partial charge in [-0.2, -0.15) is 5.26 Å². The zero-order valence-electron chi connectivity index (χ0n) is 8.15. The number of hydrogen-bond acceptors (Lipinski definition) is 2. The fourth-order valence-electron chi connectivity index (χ4n) is 1.67. The minimum atomic E-state index is 0.325. The van der Waals surface area contributed by atoms with Gasteiger partial charge in [0.05, 0.1) is 23.5 Å². The third-order valence-corrected chi connectivity index (χ3v) is 2.45. The van der Waals surface area contributed by atoms with Crippen LogP contribution in [0.2, 0.25) is 0 Å². The maximum atomic E-state index is 8.70. The molecule has 0 saturated heterocycles. The maximum absolute atomic E-state index is 8.70. The first-order valence-corrected chi connectivity index (χ1v) is 5.27. The number of fused-ring (bicyclic) bond motifs is 1. The number of para-hydroxylation sites is 2. The summed E-state index contributed by atoms with van der Waals surface area (Å²) in [7, 11) is 0. The fraction of sp³-hybridized carbons (Fsp3) is 0.273. The Morgan fingerprint density at radius 1 is 1.40 bits per heavy atom. The number of benzene rings is 1. The SMILES string of the molecule is N#CCc1nc2ccccc2n1CCCl. The van der Waals surface area contributed by atoms with Gasteiger partial charge in [0, 0.05) is 12.4 Å². The van der Waals surface area contributed by atoms with E-state index in [1.54, 1.807) is 0 Å². The van der Waals surface area contributed by atoms with E-state index in [1.807, 2.05) is 28.8 Å². The minimum absolute atomic E-state index is 0.325. The maximum Gasteiger partial charge on any atom is 0.124 e. The molecule has 0 radical (unpaired) electrons. The smallest absolute Gasteiger partial charge is 0.124 e. The summed E-state index contributed by atoms with van der Waals surface area (Å²) in [4.78, 5) is 4.40. The predicted molar refractivity (Wildman–Crippen MR) is 59.8 cm³/mol. The summed E-state index contributed by atoms with van der Waals surface area (Å²) in [6, 6.07) is 9.96. The van der Waals surface area contributed by atoms with Gasteiger partial charge in [0.15, 0.2) is 0 Å². The molecule has 0 fully saturated rings. The van der Waals surface area contributed by atoms with E-state index >= 15 is 0 Å². The summed E-state index contributed by atoms with van der Waals surface area (Å²) >= 11 is 5.73. The highest BCUT2D eigenvalue weighted by atomic mass is 35.5. The van der Waals surface area contributed by atoms with E-state index in [0.717, 1.165) is 16.9 Å². The molecule has 1 aromatic carbocycles. The Labute approximate surface area is 92.9 Å². The van der Waals surface area contributed by atoms with E-state index in [-0.39, 0.29) is 0 Å². The Hall–Kier alpha value is -1.53. The van der Waals surface area contributed by atoms with Crippen LogP contribution in [0.3, 0.4) is 0 Å². The van der Waals surface area contributed by atoms with Gasteiger partial charge >= 0.3 is 0 Å². The number of aromatic nitrogens is 2. The van der Waals surface area contributed by atoms with Gasteiger partial charge in [0.25, 0.3) is 0 Å². The van der Waals surface area contributed by atoms with Crippen LogP contribution in [0, 0.1) is 11.3 Å². The van der Waals surface area contributed by atoms with E-state index in [0.29, 0.717) is 18.8 Å². The highest BCUT2D eigenvalue weighted by Gasteiger charge is 2.08. The molecule has 76 valence electrons. The number of rotatable bonds is 3. The Balaban J connectivity index is 2.59. The molecule has 0 saturated carbocycles. The summed E-state index contributed by atoms with van der Waals surface area (Å²) in [6.45, 7) is 0.694. The Kier molecular flexibility index (Phi) is 2.89. The number of aryl methyl sites for hydroxylation is 1. The quantitative estimate of drug-likeness (QED) is 0.744. The van der Waals surface area contributed by atoms with Crippen molar-refractivity contribution in [2.75, 3.05) is 5.88 Å². The summed E-state index contributed by atoms with van der Waals surface area (Å²) in [6.07, 6.45) is 0.325. The number of halogens is 1. The van der Waals surface area contributed by atoms with Gasteiger partial charge < -0.3 is 4.57 Å². The number of nitriles is 1. The molecule has 1 aromatic heterocycles. The topological polar surface area (TPSA) is 41.6 Å². The molecule has 0 spiro atoms. The number of imidazole rings is 1. The fourth-order valence-corrected chi connectivity index (χ4v) is 1.83. The lowest BCUT2D eigenvalue weighted by atomic mass is 10.3. The first-order valence-electron chi connectivity index (χ1n) is 4.74. The second kappa shape index (κ2) is 4.33. The Morgan fingerprint density at radius 3 is 2.93 bits per heavy atom.